The molecule has 0 radical (unpaired) electrons. The molecule has 16 heavy (non-hydrogen) atoms. The van der Waals surface area contributed by atoms with E-state index in [0.29, 0.717) is 26.1 Å². The second-order valence-corrected chi connectivity index (χ2v) is 5.24. The molecule has 1 unspecified atom stereocenters. The van der Waals surface area contributed by atoms with Crippen molar-refractivity contribution in [2.75, 3.05) is 26.0 Å². The summed E-state index contributed by atoms with van der Waals surface area (Å²) in [4.78, 5) is 9.34. The molecule has 0 aliphatic heterocycles. The van der Waals surface area contributed by atoms with Crippen molar-refractivity contribution in [3.05, 3.63) is 0 Å². The minimum absolute atomic E-state index is 0.150. The maximum absolute atomic E-state index is 11.4. The zero-order chi connectivity index (χ0) is 12.4. The van der Waals surface area contributed by atoms with Crippen molar-refractivity contribution in [3.8, 4) is 0 Å². The summed E-state index contributed by atoms with van der Waals surface area (Å²) in [6.45, 7) is 6.90. The summed E-state index contributed by atoms with van der Waals surface area (Å²) in [5.74, 6) is 0. The number of ether oxygens (including phenoxy) is 2. The van der Waals surface area contributed by atoms with Crippen LogP contribution in [0.1, 0.15) is 33.6 Å². The van der Waals surface area contributed by atoms with Crippen LogP contribution in [-0.2, 0) is 18.6 Å². The Morgan fingerprint density at radius 1 is 1.12 bits per heavy atom. The van der Waals surface area contributed by atoms with Gasteiger partial charge in [-0.2, -0.15) is 0 Å². The van der Waals surface area contributed by atoms with Crippen molar-refractivity contribution in [1.82, 2.24) is 0 Å². The van der Waals surface area contributed by atoms with Gasteiger partial charge in [0.25, 0.3) is 0 Å². The first-order chi connectivity index (χ1) is 7.55. The van der Waals surface area contributed by atoms with Crippen molar-refractivity contribution < 1.29 is 23.5 Å². The second-order valence-electron chi connectivity index (χ2n) is 3.26. The smallest absolute Gasteiger partial charge is 0.328 e. The van der Waals surface area contributed by atoms with Gasteiger partial charge in [-0.1, -0.05) is 0 Å². The SMILES string of the molecule is CCOC(CCCP(=O)(O)OCC)OCC. The van der Waals surface area contributed by atoms with Gasteiger partial charge >= 0.3 is 7.60 Å². The van der Waals surface area contributed by atoms with Gasteiger partial charge in [-0.05, 0) is 33.6 Å². The third kappa shape index (κ3) is 8.25. The lowest BCUT2D eigenvalue weighted by Crippen LogP contribution is -2.17. The summed E-state index contributed by atoms with van der Waals surface area (Å²) >= 11 is 0. The molecule has 0 saturated carbocycles. The molecule has 6 heteroatoms. The zero-order valence-corrected chi connectivity index (χ0v) is 11.2. The van der Waals surface area contributed by atoms with Gasteiger partial charge in [0.1, 0.15) is 0 Å². The van der Waals surface area contributed by atoms with Gasteiger partial charge in [0, 0.05) is 13.2 Å². The third-order valence-electron chi connectivity index (χ3n) is 1.92. The van der Waals surface area contributed by atoms with E-state index in [2.05, 4.69) is 0 Å². The predicted molar refractivity (Wildman–Crippen MR) is 62.6 cm³/mol. The van der Waals surface area contributed by atoms with Gasteiger partial charge < -0.3 is 18.9 Å². The van der Waals surface area contributed by atoms with Gasteiger partial charge in [0.15, 0.2) is 6.29 Å². The first-order valence-corrected chi connectivity index (χ1v) is 7.51. The molecular weight excluding hydrogens is 231 g/mol. The molecule has 0 aromatic heterocycles. The number of hydrogen-bond donors (Lipinski definition) is 1. The molecule has 1 atom stereocenters. The molecule has 0 amide bonds. The van der Waals surface area contributed by atoms with E-state index in [4.69, 9.17) is 14.0 Å². The topological polar surface area (TPSA) is 65.0 Å². The summed E-state index contributed by atoms with van der Waals surface area (Å²) in [6, 6.07) is 0. The Bertz CT molecular complexity index is 203. The summed E-state index contributed by atoms with van der Waals surface area (Å²) in [7, 11) is -3.40. The third-order valence-corrected chi connectivity index (χ3v) is 3.46. The fourth-order valence-corrected chi connectivity index (χ4v) is 2.43. The molecule has 0 spiro atoms. The number of rotatable bonds is 10. The average molecular weight is 254 g/mol. The largest absolute Gasteiger partial charge is 0.353 e. The summed E-state index contributed by atoms with van der Waals surface area (Å²) in [5.41, 5.74) is 0. The summed E-state index contributed by atoms with van der Waals surface area (Å²) in [5, 5.41) is 0. The van der Waals surface area contributed by atoms with Gasteiger partial charge in [-0.3, -0.25) is 4.57 Å². The van der Waals surface area contributed by atoms with E-state index in [1.54, 1.807) is 6.92 Å². The minimum atomic E-state index is -3.40. The zero-order valence-electron chi connectivity index (χ0n) is 10.3. The molecule has 0 saturated heterocycles. The maximum atomic E-state index is 11.4. The van der Waals surface area contributed by atoms with Crippen molar-refractivity contribution >= 4 is 7.60 Å². The van der Waals surface area contributed by atoms with Crippen LogP contribution in [0.5, 0.6) is 0 Å². The molecule has 0 rings (SSSR count). The van der Waals surface area contributed by atoms with Crippen LogP contribution < -0.4 is 0 Å². The van der Waals surface area contributed by atoms with Crippen LogP contribution in [0, 0.1) is 0 Å². The van der Waals surface area contributed by atoms with Crippen molar-refractivity contribution in [2.45, 2.75) is 39.9 Å². The lowest BCUT2D eigenvalue weighted by atomic mass is 10.3. The Hall–Kier alpha value is 0.0700. The van der Waals surface area contributed by atoms with E-state index >= 15 is 0 Å². The van der Waals surface area contributed by atoms with E-state index in [9.17, 15) is 9.46 Å². The molecule has 0 aliphatic carbocycles. The predicted octanol–water partition coefficient (Wildman–Crippen LogP) is 2.39. The van der Waals surface area contributed by atoms with Gasteiger partial charge in [0.05, 0.1) is 12.8 Å². The minimum Gasteiger partial charge on any atom is -0.353 e. The lowest BCUT2D eigenvalue weighted by Gasteiger charge is -2.17. The monoisotopic (exact) mass is 254 g/mol. The highest BCUT2D eigenvalue weighted by Crippen LogP contribution is 2.42. The van der Waals surface area contributed by atoms with Crippen LogP contribution in [0.2, 0.25) is 0 Å². The van der Waals surface area contributed by atoms with Crippen LogP contribution in [0.3, 0.4) is 0 Å². The molecule has 1 N–H and O–H groups in total. The van der Waals surface area contributed by atoms with Crippen LogP contribution in [0.4, 0.5) is 0 Å². The van der Waals surface area contributed by atoms with Crippen molar-refractivity contribution in [2.24, 2.45) is 0 Å². The fraction of sp³-hybridized carbons (Fsp3) is 1.00. The van der Waals surface area contributed by atoms with Crippen LogP contribution >= 0.6 is 7.60 Å². The van der Waals surface area contributed by atoms with E-state index < -0.39 is 7.60 Å². The summed E-state index contributed by atoms with van der Waals surface area (Å²) < 4.78 is 26.8. The van der Waals surface area contributed by atoms with E-state index in [-0.39, 0.29) is 19.1 Å². The van der Waals surface area contributed by atoms with Crippen LogP contribution in [-0.4, -0.2) is 37.2 Å². The van der Waals surface area contributed by atoms with E-state index in [0.717, 1.165) is 0 Å². The molecule has 0 heterocycles. The van der Waals surface area contributed by atoms with E-state index in [1.165, 1.54) is 0 Å². The van der Waals surface area contributed by atoms with Crippen LogP contribution in [0.15, 0.2) is 0 Å². The lowest BCUT2D eigenvalue weighted by molar-refractivity contribution is -0.139. The molecule has 0 bridgehead atoms. The highest BCUT2D eigenvalue weighted by atomic mass is 31.2. The molecule has 0 fully saturated rings. The normalized spacial score (nSPS) is 15.3. The van der Waals surface area contributed by atoms with Gasteiger partial charge in [-0.25, -0.2) is 0 Å². The van der Waals surface area contributed by atoms with Crippen molar-refractivity contribution in [3.63, 3.8) is 0 Å². The maximum Gasteiger partial charge on any atom is 0.328 e. The molecule has 0 aliphatic rings. The van der Waals surface area contributed by atoms with Gasteiger partial charge in [0.2, 0.25) is 0 Å². The Kier molecular flexibility index (Phi) is 9.18. The standard InChI is InChI=1S/C10H23O5P/c1-4-13-10(14-5-2)8-7-9-16(11,12)15-6-3/h10H,4-9H2,1-3H3,(H,11,12). The Labute approximate surface area is 97.6 Å². The fourth-order valence-electron chi connectivity index (χ4n) is 1.31. The second kappa shape index (κ2) is 9.14. The molecule has 0 aromatic carbocycles. The molecule has 5 nitrogen and oxygen atoms in total. The number of hydrogen-bond acceptors (Lipinski definition) is 4. The molecule has 0 aromatic rings. The first-order valence-electron chi connectivity index (χ1n) is 5.75. The Morgan fingerprint density at radius 2 is 1.69 bits per heavy atom. The van der Waals surface area contributed by atoms with Crippen molar-refractivity contribution in [1.29, 1.82) is 0 Å². The first kappa shape index (κ1) is 16.1. The highest BCUT2D eigenvalue weighted by Gasteiger charge is 2.19. The molecular formula is C10H23O5P. The quantitative estimate of drug-likeness (QED) is 0.479. The van der Waals surface area contributed by atoms with Crippen LogP contribution in [0.25, 0.3) is 0 Å². The molecule has 98 valence electrons. The Morgan fingerprint density at radius 3 is 2.12 bits per heavy atom. The summed E-state index contributed by atoms with van der Waals surface area (Å²) in [6.07, 6.45) is 1.03. The van der Waals surface area contributed by atoms with E-state index in [1.807, 2.05) is 13.8 Å². The average Bonchev–Trinajstić information content (AvgIpc) is 2.18. The Balaban J connectivity index is 3.79. The van der Waals surface area contributed by atoms with Gasteiger partial charge in [-0.15, -0.1) is 0 Å². The highest BCUT2D eigenvalue weighted by molar-refractivity contribution is 7.52.